The number of hydrogen-bond donors (Lipinski definition) is 1. The number of methoxy groups -OCH3 is 1. The van der Waals surface area contributed by atoms with Gasteiger partial charge >= 0.3 is 0 Å². The number of aliphatic hydroxyl groups is 1. The summed E-state index contributed by atoms with van der Waals surface area (Å²) in [5.41, 5.74) is 0.718. The Morgan fingerprint density at radius 3 is 2.82 bits per heavy atom. The topological polar surface area (TPSA) is 46.5 Å². The minimum absolute atomic E-state index is 0.176. The molecule has 0 amide bonds. The Morgan fingerprint density at radius 2 is 2.12 bits per heavy atom. The summed E-state index contributed by atoms with van der Waals surface area (Å²) >= 11 is 0. The summed E-state index contributed by atoms with van der Waals surface area (Å²) < 4.78 is 5.22. The van der Waals surface area contributed by atoms with Crippen molar-refractivity contribution in [3.8, 4) is 5.75 Å². The zero-order valence-electron chi connectivity index (χ0n) is 10.1. The van der Waals surface area contributed by atoms with Crippen LogP contribution in [-0.2, 0) is 4.79 Å². The monoisotopic (exact) mass is 234 g/mol. The van der Waals surface area contributed by atoms with Gasteiger partial charge < -0.3 is 9.84 Å². The van der Waals surface area contributed by atoms with Gasteiger partial charge in [-0.2, -0.15) is 0 Å². The molecule has 0 aliphatic heterocycles. The lowest BCUT2D eigenvalue weighted by Gasteiger charge is -2.26. The maximum absolute atomic E-state index is 11.8. The van der Waals surface area contributed by atoms with Crippen LogP contribution < -0.4 is 4.74 Å². The van der Waals surface area contributed by atoms with Crippen LogP contribution in [0.4, 0.5) is 0 Å². The van der Waals surface area contributed by atoms with Crippen LogP contribution in [0.5, 0.6) is 5.75 Å². The van der Waals surface area contributed by atoms with Crippen molar-refractivity contribution in [2.24, 2.45) is 5.92 Å². The first kappa shape index (κ1) is 12.1. The number of para-hydroxylation sites is 1. The molecule has 1 fully saturated rings. The van der Waals surface area contributed by atoms with Crippen LogP contribution in [0, 0.1) is 5.92 Å². The van der Waals surface area contributed by atoms with Gasteiger partial charge in [-0.25, -0.2) is 0 Å². The van der Waals surface area contributed by atoms with Gasteiger partial charge in [-0.05, 0) is 18.9 Å². The molecule has 1 aromatic rings. The molecule has 1 saturated carbocycles. The molecule has 2 rings (SSSR count). The SMILES string of the molecule is COc1ccccc1[C@H](O)C1CCCCC1=O. The molecule has 17 heavy (non-hydrogen) atoms. The molecule has 0 aromatic heterocycles. The number of rotatable bonds is 3. The number of ketones is 1. The van der Waals surface area contributed by atoms with Crippen molar-refractivity contribution in [3.63, 3.8) is 0 Å². The van der Waals surface area contributed by atoms with E-state index in [1.54, 1.807) is 7.11 Å². The number of Topliss-reactive ketones (excluding diaryl/α,β-unsaturated/α-hetero) is 1. The average molecular weight is 234 g/mol. The van der Waals surface area contributed by atoms with Gasteiger partial charge in [0.15, 0.2) is 0 Å². The van der Waals surface area contributed by atoms with E-state index in [0.717, 1.165) is 24.8 Å². The van der Waals surface area contributed by atoms with Gasteiger partial charge in [0.2, 0.25) is 0 Å². The van der Waals surface area contributed by atoms with E-state index in [9.17, 15) is 9.90 Å². The molecule has 3 nitrogen and oxygen atoms in total. The summed E-state index contributed by atoms with van der Waals surface area (Å²) in [7, 11) is 1.58. The van der Waals surface area contributed by atoms with Crippen molar-refractivity contribution in [2.75, 3.05) is 7.11 Å². The van der Waals surface area contributed by atoms with Crippen LogP contribution >= 0.6 is 0 Å². The zero-order chi connectivity index (χ0) is 12.3. The third-order valence-electron chi connectivity index (χ3n) is 3.44. The van der Waals surface area contributed by atoms with Gasteiger partial charge in [-0.15, -0.1) is 0 Å². The summed E-state index contributed by atoms with van der Waals surface area (Å²) in [6.45, 7) is 0. The summed E-state index contributed by atoms with van der Waals surface area (Å²) in [6, 6.07) is 7.35. The molecule has 1 unspecified atom stereocenters. The molecule has 0 radical (unpaired) electrons. The number of ether oxygens (including phenoxy) is 1. The van der Waals surface area contributed by atoms with Gasteiger partial charge in [0, 0.05) is 17.9 Å². The highest BCUT2D eigenvalue weighted by Gasteiger charge is 2.31. The number of carbonyl (C=O) groups is 1. The second kappa shape index (κ2) is 5.32. The Kier molecular flexibility index (Phi) is 3.79. The molecule has 92 valence electrons. The summed E-state index contributed by atoms with van der Waals surface area (Å²) in [6.07, 6.45) is 2.60. The molecule has 1 aliphatic rings. The molecular formula is C14H18O3. The summed E-state index contributed by atoms with van der Waals surface area (Å²) in [5, 5.41) is 10.3. The average Bonchev–Trinajstić information content (AvgIpc) is 2.38. The fourth-order valence-corrected chi connectivity index (χ4v) is 2.47. The van der Waals surface area contributed by atoms with Crippen molar-refractivity contribution in [1.29, 1.82) is 0 Å². The summed E-state index contributed by atoms with van der Waals surface area (Å²) in [5.74, 6) is 0.563. The van der Waals surface area contributed by atoms with Gasteiger partial charge in [0.1, 0.15) is 11.5 Å². The van der Waals surface area contributed by atoms with E-state index in [0.29, 0.717) is 12.2 Å². The molecule has 3 heteroatoms. The van der Waals surface area contributed by atoms with E-state index in [-0.39, 0.29) is 11.7 Å². The zero-order valence-corrected chi connectivity index (χ0v) is 10.1. The molecule has 2 atom stereocenters. The van der Waals surface area contributed by atoms with E-state index in [4.69, 9.17) is 4.74 Å². The van der Waals surface area contributed by atoms with E-state index in [1.165, 1.54) is 0 Å². The van der Waals surface area contributed by atoms with Crippen molar-refractivity contribution >= 4 is 5.78 Å². The fraction of sp³-hybridized carbons (Fsp3) is 0.500. The maximum atomic E-state index is 11.8. The minimum Gasteiger partial charge on any atom is -0.496 e. The molecule has 1 aliphatic carbocycles. The lowest BCUT2D eigenvalue weighted by molar-refractivity contribution is -0.128. The predicted octanol–water partition coefficient (Wildman–Crippen LogP) is 2.49. The molecule has 0 spiro atoms. The first-order valence-electron chi connectivity index (χ1n) is 6.07. The molecular weight excluding hydrogens is 216 g/mol. The Bertz CT molecular complexity index is 400. The molecule has 0 saturated heterocycles. The predicted molar refractivity (Wildman–Crippen MR) is 64.9 cm³/mol. The van der Waals surface area contributed by atoms with E-state index >= 15 is 0 Å². The lowest BCUT2D eigenvalue weighted by Crippen LogP contribution is -2.25. The number of hydrogen-bond acceptors (Lipinski definition) is 3. The first-order chi connectivity index (χ1) is 8.24. The maximum Gasteiger partial charge on any atom is 0.138 e. The van der Waals surface area contributed by atoms with Crippen molar-refractivity contribution in [2.45, 2.75) is 31.8 Å². The van der Waals surface area contributed by atoms with Crippen LogP contribution in [0.3, 0.4) is 0 Å². The van der Waals surface area contributed by atoms with Crippen molar-refractivity contribution in [3.05, 3.63) is 29.8 Å². The number of benzene rings is 1. The molecule has 0 bridgehead atoms. The third kappa shape index (κ3) is 2.50. The van der Waals surface area contributed by atoms with Gasteiger partial charge in [-0.1, -0.05) is 24.6 Å². The Hall–Kier alpha value is -1.35. The quantitative estimate of drug-likeness (QED) is 0.874. The van der Waals surface area contributed by atoms with Gasteiger partial charge in [0.25, 0.3) is 0 Å². The highest BCUT2D eigenvalue weighted by molar-refractivity contribution is 5.82. The Balaban J connectivity index is 2.23. The molecule has 0 heterocycles. The van der Waals surface area contributed by atoms with E-state index in [1.807, 2.05) is 24.3 Å². The van der Waals surface area contributed by atoms with Crippen LogP contribution in [0.25, 0.3) is 0 Å². The molecule has 1 N–H and O–H groups in total. The van der Waals surface area contributed by atoms with E-state index in [2.05, 4.69) is 0 Å². The lowest BCUT2D eigenvalue weighted by atomic mass is 9.81. The van der Waals surface area contributed by atoms with Crippen molar-refractivity contribution < 1.29 is 14.6 Å². The van der Waals surface area contributed by atoms with Crippen molar-refractivity contribution in [1.82, 2.24) is 0 Å². The number of aliphatic hydroxyl groups excluding tert-OH is 1. The van der Waals surface area contributed by atoms with Gasteiger partial charge in [0.05, 0.1) is 13.2 Å². The highest BCUT2D eigenvalue weighted by Crippen LogP contribution is 2.35. The minimum atomic E-state index is -0.737. The van der Waals surface area contributed by atoms with Crippen LogP contribution in [0.15, 0.2) is 24.3 Å². The van der Waals surface area contributed by atoms with E-state index < -0.39 is 6.10 Å². The summed E-state index contributed by atoms with van der Waals surface area (Å²) in [4.78, 5) is 11.8. The second-order valence-electron chi connectivity index (χ2n) is 4.51. The normalized spacial score (nSPS) is 22.2. The van der Waals surface area contributed by atoms with Gasteiger partial charge in [-0.3, -0.25) is 4.79 Å². The molecule has 1 aromatic carbocycles. The second-order valence-corrected chi connectivity index (χ2v) is 4.51. The smallest absolute Gasteiger partial charge is 0.138 e. The standard InChI is InChI=1S/C14H18O3/c1-17-13-9-5-3-7-11(13)14(16)10-6-2-4-8-12(10)15/h3,5,7,9-10,14,16H,2,4,6,8H2,1H3/t10?,14-/m1/s1. The van der Waals surface area contributed by atoms with Crippen LogP contribution in [-0.4, -0.2) is 18.0 Å². The third-order valence-corrected chi connectivity index (χ3v) is 3.44. The largest absolute Gasteiger partial charge is 0.496 e. The Labute approximate surface area is 101 Å². The number of carbonyl (C=O) groups excluding carboxylic acids is 1. The van der Waals surface area contributed by atoms with Crippen LogP contribution in [0.2, 0.25) is 0 Å². The highest BCUT2D eigenvalue weighted by atomic mass is 16.5. The van der Waals surface area contributed by atoms with Crippen LogP contribution in [0.1, 0.15) is 37.4 Å². The fourth-order valence-electron chi connectivity index (χ4n) is 2.47. The Morgan fingerprint density at radius 1 is 1.35 bits per heavy atom. The first-order valence-corrected chi connectivity index (χ1v) is 6.07.